The van der Waals surface area contributed by atoms with Gasteiger partial charge in [-0.05, 0) is 50.4 Å². The molecule has 0 radical (unpaired) electrons. The summed E-state index contributed by atoms with van der Waals surface area (Å²) in [6.45, 7) is 2.83. The fourth-order valence-electron chi connectivity index (χ4n) is 2.18. The van der Waals surface area contributed by atoms with E-state index in [9.17, 15) is 9.90 Å². The van der Waals surface area contributed by atoms with Crippen molar-refractivity contribution in [1.82, 2.24) is 10.6 Å². The lowest BCUT2D eigenvalue weighted by atomic mass is 10.1. The van der Waals surface area contributed by atoms with Crippen molar-refractivity contribution in [2.75, 3.05) is 13.7 Å². The fraction of sp³-hybridized carbons (Fsp3) is 0.562. The molecule has 2 rings (SSSR count). The summed E-state index contributed by atoms with van der Waals surface area (Å²) in [4.78, 5) is 11.5. The fourth-order valence-corrected chi connectivity index (χ4v) is 2.18. The number of phenolic OH excluding ortho intramolecular Hbond substituents is 1. The molecule has 0 bridgehead atoms. The van der Waals surface area contributed by atoms with Crippen LogP contribution < -0.4 is 15.4 Å². The van der Waals surface area contributed by atoms with E-state index in [0.29, 0.717) is 18.2 Å². The number of hydrogen-bond acceptors (Lipinski definition) is 4. The van der Waals surface area contributed by atoms with Crippen molar-refractivity contribution in [1.29, 1.82) is 0 Å². The van der Waals surface area contributed by atoms with Gasteiger partial charge in [-0.25, -0.2) is 0 Å². The van der Waals surface area contributed by atoms with Crippen molar-refractivity contribution in [2.24, 2.45) is 0 Å². The largest absolute Gasteiger partial charge is 0.504 e. The van der Waals surface area contributed by atoms with Crippen molar-refractivity contribution < 1.29 is 14.6 Å². The summed E-state index contributed by atoms with van der Waals surface area (Å²) >= 11 is 0. The highest BCUT2D eigenvalue weighted by Gasteiger charge is 2.22. The zero-order valence-corrected chi connectivity index (χ0v) is 12.7. The first-order valence-electron chi connectivity index (χ1n) is 7.50. The van der Waals surface area contributed by atoms with Gasteiger partial charge >= 0.3 is 0 Å². The number of rotatable bonds is 8. The first-order chi connectivity index (χ1) is 10.1. The molecule has 1 aromatic carbocycles. The third-order valence-corrected chi connectivity index (χ3v) is 3.68. The predicted molar refractivity (Wildman–Crippen MR) is 81.5 cm³/mol. The lowest BCUT2D eigenvalue weighted by Crippen LogP contribution is -2.27. The Morgan fingerprint density at radius 2 is 2.24 bits per heavy atom. The number of benzene rings is 1. The molecule has 1 aromatic rings. The van der Waals surface area contributed by atoms with Gasteiger partial charge in [-0.2, -0.15) is 0 Å². The van der Waals surface area contributed by atoms with Gasteiger partial charge in [0.15, 0.2) is 11.5 Å². The van der Waals surface area contributed by atoms with Gasteiger partial charge in [0.1, 0.15) is 0 Å². The standard InChI is InChI=1S/C16H24N2O3/c1-11(12-5-8-14(19)15(10-12)21-2)17-9-3-4-16(20)18-13-6-7-13/h5,8,10-11,13,17,19H,3-4,6-7,9H2,1-2H3,(H,18,20). The van der Waals surface area contributed by atoms with E-state index in [0.717, 1.165) is 31.4 Å². The van der Waals surface area contributed by atoms with Crippen molar-refractivity contribution >= 4 is 5.91 Å². The van der Waals surface area contributed by atoms with Gasteiger partial charge in [0.2, 0.25) is 5.91 Å². The Morgan fingerprint density at radius 1 is 1.48 bits per heavy atom. The second-order valence-corrected chi connectivity index (χ2v) is 5.55. The van der Waals surface area contributed by atoms with Crippen LogP contribution in [0.2, 0.25) is 0 Å². The molecule has 3 N–H and O–H groups in total. The summed E-state index contributed by atoms with van der Waals surface area (Å²) < 4.78 is 5.11. The van der Waals surface area contributed by atoms with Crippen molar-refractivity contribution in [2.45, 2.75) is 44.7 Å². The van der Waals surface area contributed by atoms with Crippen LogP contribution in [0.3, 0.4) is 0 Å². The molecule has 116 valence electrons. The molecule has 1 saturated carbocycles. The normalized spacial score (nSPS) is 15.5. The van der Waals surface area contributed by atoms with Crippen LogP contribution >= 0.6 is 0 Å². The van der Waals surface area contributed by atoms with Gasteiger partial charge < -0.3 is 20.5 Å². The Morgan fingerprint density at radius 3 is 2.90 bits per heavy atom. The molecule has 0 aliphatic heterocycles. The number of amides is 1. The molecule has 5 nitrogen and oxygen atoms in total. The molecule has 5 heteroatoms. The number of carbonyl (C=O) groups excluding carboxylic acids is 1. The van der Waals surface area contributed by atoms with E-state index in [1.54, 1.807) is 6.07 Å². The average molecular weight is 292 g/mol. The van der Waals surface area contributed by atoms with Crippen LogP contribution in [0.5, 0.6) is 11.5 Å². The van der Waals surface area contributed by atoms with E-state index in [1.165, 1.54) is 7.11 Å². The quantitative estimate of drug-likeness (QED) is 0.642. The SMILES string of the molecule is COc1cc(C(C)NCCCC(=O)NC2CC2)ccc1O. The van der Waals surface area contributed by atoms with Crippen LogP contribution in [-0.4, -0.2) is 30.7 Å². The van der Waals surface area contributed by atoms with Crippen molar-refractivity contribution in [3.05, 3.63) is 23.8 Å². The zero-order chi connectivity index (χ0) is 15.2. The van der Waals surface area contributed by atoms with E-state index < -0.39 is 0 Å². The van der Waals surface area contributed by atoms with Gasteiger partial charge in [0, 0.05) is 18.5 Å². The van der Waals surface area contributed by atoms with Crippen LogP contribution in [0.1, 0.15) is 44.2 Å². The Balaban J connectivity index is 1.71. The van der Waals surface area contributed by atoms with E-state index in [2.05, 4.69) is 17.6 Å². The molecular formula is C16H24N2O3. The summed E-state index contributed by atoms with van der Waals surface area (Å²) in [5.41, 5.74) is 1.05. The third-order valence-electron chi connectivity index (χ3n) is 3.68. The van der Waals surface area contributed by atoms with Crippen LogP contribution in [0.4, 0.5) is 0 Å². The summed E-state index contributed by atoms with van der Waals surface area (Å²) in [6.07, 6.45) is 3.64. The maximum atomic E-state index is 11.5. The third kappa shape index (κ3) is 4.93. The predicted octanol–water partition coefficient (Wildman–Crippen LogP) is 2.11. The van der Waals surface area contributed by atoms with Crippen LogP contribution in [0.25, 0.3) is 0 Å². The number of nitrogens with one attached hydrogen (secondary N) is 2. The van der Waals surface area contributed by atoms with Gasteiger partial charge in [0.05, 0.1) is 7.11 Å². The average Bonchev–Trinajstić information content (AvgIpc) is 3.27. The maximum absolute atomic E-state index is 11.5. The number of hydrogen-bond donors (Lipinski definition) is 3. The molecule has 0 saturated heterocycles. The van der Waals surface area contributed by atoms with Gasteiger partial charge in [0.25, 0.3) is 0 Å². The summed E-state index contributed by atoms with van der Waals surface area (Å²) in [6, 6.07) is 5.91. The molecule has 0 heterocycles. The summed E-state index contributed by atoms with van der Waals surface area (Å²) in [5, 5.41) is 15.9. The van der Waals surface area contributed by atoms with E-state index in [-0.39, 0.29) is 17.7 Å². The van der Waals surface area contributed by atoms with Crippen molar-refractivity contribution in [3.63, 3.8) is 0 Å². The van der Waals surface area contributed by atoms with E-state index in [1.807, 2.05) is 12.1 Å². The smallest absolute Gasteiger partial charge is 0.220 e. The first-order valence-corrected chi connectivity index (χ1v) is 7.50. The second kappa shape index (κ2) is 7.31. The number of carbonyl (C=O) groups is 1. The minimum Gasteiger partial charge on any atom is -0.504 e. The van der Waals surface area contributed by atoms with Crippen molar-refractivity contribution in [3.8, 4) is 11.5 Å². The lowest BCUT2D eigenvalue weighted by molar-refractivity contribution is -0.121. The minimum atomic E-state index is 0.144. The van der Waals surface area contributed by atoms with E-state index in [4.69, 9.17) is 4.74 Å². The Labute approximate surface area is 125 Å². The summed E-state index contributed by atoms with van der Waals surface area (Å²) in [5.74, 6) is 0.772. The molecule has 1 aliphatic rings. The molecule has 0 spiro atoms. The molecular weight excluding hydrogens is 268 g/mol. The Hall–Kier alpha value is -1.75. The lowest BCUT2D eigenvalue weighted by Gasteiger charge is -2.15. The number of methoxy groups -OCH3 is 1. The van der Waals surface area contributed by atoms with Crippen LogP contribution in [0, 0.1) is 0 Å². The monoisotopic (exact) mass is 292 g/mol. The minimum absolute atomic E-state index is 0.144. The molecule has 1 amide bonds. The molecule has 21 heavy (non-hydrogen) atoms. The van der Waals surface area contributed by atoms with Gasteiger partial charge in [-0.15, -0.1) is 0 Å². The molecule has 1 aliphatic carbocycles. The Bertz CT molecular complexity index is 486. The molecule has 1 fully saturated rings. The number of phenols is 1. The molecule has 0 aromatic heterocycles. The maximum Gasteiger partial charge on any atom is 0.220 e. The molecule has 1 atom stereocenters. The van der Waals surface area contributed by atoms with E-state index >= 15 is 0 Å². The summed E-state index contributed by atoms with van der Waals surface area (Å²) in [7, 11) is 1.54. The second-order valence-electron chi connectivity index (χ2n) is 5.55. The zero-order valence-electron chi connectivity index (χ0n) is 12.7. The topological polar surface area (TPSA) is 70.6 Å². The van der Waals surface area contributed by atoms with Gasteiger partial charge in [-0.1, -0.05) is 6.07 Å². The number of ether oxygens (including phenoxy) is 1. The van der Waals surface area contributed by atoms with Gasteiger partial charge in [-0.3, -0.25) is 4.79 Å². The van der Waals surface area contributed by atoms with Crippen LogP contribution in [0.15, 0.2) is 18.2 Å². The van der Waals surface area contributed by atoms with Crippen LogP contribution in [-0.2, 0) is 4.79 Å². The highest BCUT2D eigenvalue weighted by atomic mass is 16.5. The highest BCUT2D eigenvalue weighted by molar-refractivity contribution is 5.76. The first kappa shape index (κ1) is 15.6. The highest BCUT2D eigenvalue weighted by Crippen LogP contribution is 2.28. The molecule has 1 unspecified atom stereocenters. The Kier molecular flexibility index (Phi) is 5.44. The number of aromatic hydroxyl groups is 1.